The van der Waals surface area contributed by atoms with E-state index >= 15 is 0 Å². The van der Waals surface area contributed by atoms with Crippen molar-refractivity contribution in [2.24, 2.45) is 0 Å². The highest BCUT2D eigenvalue weighted by molar-refractivity contribution is 7.94. The summed E-state index contributed by atoms with van der Waals surface area (Å²) < 4.78 is 27.3. The Morgan fingerprint density at radius 1 is 1.20 bits per heavy atom. The number of nitrogens with zero attached hydrogens (tertiary/aromatic N) is 1. The molecule has 0 aliphatic rings. The minimum Gasteiger partial charge on any atom is -0.317 e. The first-order chi connectivity index (χ1) is 9.62. The molecule has 0 bridgehead atoms. The Balaban J connectivity index is 2.06. The van der Waals surface area contributed by atoms with Crippen molar-refractivity contribution in [3.05, 3.63) is 41.5 Å². The van der Waals surface area contributed by atoms with Gasteiger partial charge in [-0.2, -0.15) is 0 Å². The Labute approximate surface area is 123 Å². The SMILES string of the molecule is CCNCCc1ccc(S(=O)(=O)Nc2ccncc2)s1. The van der Waals surface area contributed by atoms with Gasteiger partial charge in [0.1, 0.15) is 4.21 Å². The molecule has 0 unspecified atom stereocenters. The minimum atomic E-state index is -3.50. The average Bonchev–Trinajstić information content (AvgIpc) is 2.89. The predicted octanol–water partition coefficient (Wildman–Crippen LogP) is 2.10. The first-order valence-corrected chi connectivity index (χ1v) is 8.64. The third-order valence-corrected chi connectivity index (χ3v) is 5.65. The molecular weight excluding hydrogens is 294 g/mol. The molecule has 0 aromatic carbocycles. The van der Waals surface area contributed by atoms with Crippen LogP contribution in [0.15, 0.2) is 40.9 Å². The summed E-state index contributed by atoms with van der Waals surface area (Å²) in [7, 11) is -3.50. The van der Waals surface area contributed by atoms with Gasteiger partial charge in [0.2, 0.25) is 0 Å². The lowest BCUT2D eigenvalue weighted by molar-refractivity contribution is 0.603. The van der Waals surface area contributed by atoms with Gasteiger partial charge in [-0.1, -0.05) is 6.92 Å². The Kier molecular flexibility index (Phi) is 5.11. The molecule has 2 heterocycles. The van der Waals surface area contributed by atoms with Crippen molar-refractivity contribution in [1.82, 2.24) is 10.3 Å². The average molecular weight is 311 g/mol. The molecule has 0 saturated heterocycles. The fourth-order valence-electron chi connectivity index (χ4n) is 1.65. The van der Waals surface area contributed by atoms with Crippen molar-refractivity contribution >= 4 is 27.0 Å². The zero-order chi connectivity index (χ0) is 14.4. The molecule has 5 nitrogen and oxygen atoms in total. The van der Waals surface area contributed by atoms with E-state index in [1.54, 1.807) is 30.6 Å². The summed E-state index contributed by atoms with van der Waals surface area (Å²) >= 11 is 1.30. The largest absolute Gasteiger partial charge is 0.317 e. The molecule has 0 aliphatic heterocycles. The van der Waals surface area contributed by atoms with Crippen molar-refractivity contribution < 1.29 is 8.42 Å². The van der Waals surface area contributed by atoms with Gasteiger partial charge in [-0.05, 0) is 43.8 Å². The van der Waals surface area contributed by atoms with Crippen LogP contribution in [0.3, 0.4) is 0 Å². The van der Waals surface area contributed by atoms with E-state index in [9.17, 15) is 8.42 Å². The standard InChI is InChI=1S/C13H17N3O2S2/c1-2-14-10-7-12-3-4-13(19-12)20(17,18)16-11-5-8-15-9-6-11/h3-6,8-9,14H,2,7,10H2,1H3,(H,15,16). The Morgan fingerprint density at radius 2 is 1.95 bits per heavy atom. The minimum absolute atomic E-state index is 0.334. The van der Waals surface area contributed by atoms with Crippen molar-refractivity contribution in [3.8, 4) is 0 Å². The van der Waals surface area contributed by atoms with Crippen LogP contribution in [-0.4, -0.2) is 26.5 Å². The molecule has 0 atom stereocenters. The third kappa shape index (κ3) is 4.03. The second kappa shape index (κ2) is 6.83. The van der Waals surface area contributed by atoms with Gasteiger partial charge in [-0.3, -0.25) is 9.71 Å². The second-order valence-electron chi connectivity index (χ2n) is 4.17. The van der Waals surface area contributed by atoms with Crippen molar-refractivity contribution in [1.29, 1.82) is 0 Å². The maximum Gasteiger partial charge on any atom is 0.271 e. The summed E-state index contributed by atoms with van der Waals surface area (Å²) in [5.41, 5.74) is 0.516. The predicted molar refractivity (Wildman–Crippen MR) is 81.6 cm³/mol. The summed E-state index contributed by atoms with van der Waals surface area (Å²) in [6.07, 6.45) is 3.94. The number of sulfonamides is 1. The number of aromatic nitrogens is 1. The fraction of sp³-hybridized carbons (Fsp3) is 0.308. The molecule has 0 radical (unpaired) electrons. The van der Waals surface area contributed by atoms with Gasteiger partial charge in [0, 0.05) is 17.3 Å². The molecule has 108 valence electrons. The first-order valence-electron chi connectivity index (χ1n) is 6.34. The lowest BCUT2D eigenvalue weighted by Crippen LogP contribution is -2.15. The molecule has 0 fully saturated rings. The summed E-state index contributed by atoms with van der Waals surface area (Å²) in [5, 5.41) is 3.22. The quantitative estimate of drug-likeness (QED) is 0.768. The van der Waals surface area contributed by atoms with Gasteiger partial charge in [0.05, 0.1) is 5.69 Å². The first kappa shape index (κ1) is 15.0. The van der Waals surface area contributed by atoms with Crippen LogP contribution >= 0.6 is 11.3 Å². The highest BCUT2D eigenvalue weighted by atomic mass is 32.2. The van der Waals surface area contributed by atoms with Crippen LogP contribution in [-0.2, 0) is 16.4 Å². The summed E-state index contributed by atoms with van der Waals surface area (Å²) in [6, 6.07) is 6.76. The van der Waals surface area contributed by atoms with Crippen LogP contribution < -0.4 is 10.0 Å². The number of thiophene rings is 1. The van der Waals surface area contributed by atoms with Crippen molar-refractivity contribution in [3.63, 3.8) is 0 Å². The molecule has 2 aromatic rings. The molecule has 2 aromatic heterocycles. The monoisotopic (exact) mass is 311 g/mol. The summed E-state index contributed by atoms with van der Waals surface area (Å²) in [6.45, 7) is 3.82. The van der Waals surface area contributed by atoms with Gasteiger partial charge in [-0.25, -0.2) is 8.42 Å². The maximum absolute atomic E-state index is 12.2. The number of likely N-dealkylation sites (N-methyl/N-ethyl adjacent to an activating group) is 1. The normalized spacial score (nSPS) is 11.4. The number of hydrogen-bond acceptors (Lipinski definition) is 5. The highest BCUT2D eigenvalue weighted by Gasteiger charge is 2.16. The molecule has 2 N–H and O–H groups in total. The summed E-state index contributed by atoms with van der Waals surface area (Å²) in [5.74, 6) is 0. The van der Waals surface area contributed by atoms with Crippen LogP contribution in [0.25, 0.3) is 0 Å². The molecular formula is C13H17N3O2S2. The molecule has 2 rings (SSSR count). The van der Waals surface area contributed by atoms with E-state index in [0.29, 0.717) is 9.90 Å². The maximum atomic E-state index is 12.2. The highest BCUT2D eigenvalue weighted by Crippen LogP contribution is 2.24. The van der Waals surface area contributed by atoms with E-state index in [2.05, 4.69) is 15.0 Å². The number of rotatable bonds is 7. The Morgan fingerprint density at radius 3 is 2.65 bits per heavy atom. The van der Waals surface area contributed by atoms with Crippen LogP contribution in [0, 0.1) is 0 Å². The van der Waals surface area contributed by atoms with Gasteiger partial charge < -0.3 is 5.32 Å². The van der Waals surface area contributed by atoms with Crippen LogP contribution in [0.2, 0.25) is 0 Å². The van der Waals surface area contributed by atoms with Crippen molar-refractivity contribution in [2.75, 3.05) is 17.8 Å². The molecule has 7 heteroatoms. The van der Waals surface area contributed by atoms with E-state index in [4.69, 9.17) is 0 Å². The summed E-state index contributed by atoms with van der Waals surface area (Å²) in [4.78, 5) is 4.91. The van der Waals surface area contributed by atoms with Crippen LogP contribution in [0.4, 0.5) is 5.69 Å². The second-order valence-corrected chi connectivity index (χ2v) is 7.24. The van der Waals surface area contributed by atoms with Gasteiger partial charge in [-0.15, -0.1) is 11.3 Å². The topological polar surface area (TPSA) is 71.1 Å². The molecule has 0 aliphatic carbocycles. The smallest absolute Gasteiger partial charge is 0.271 e. The van der Waals surface area contributed by atoms with Crippen LogP contribution in [0.5, 0.6) is 0 Å². The number of pyridine rings is 1. The van der Waals surface area contributed by atoms with E-state index in [-0.39, 0.29) is 0 Å². The number of anilines is 1. The molecule has 20 heavy (non-hydrogen) atoms. The van der Waals surface area contributed by atoms with E-state index in [1.807, 2.05) is 13.0 Å². The van der Waals surface area contributed by atoms with Crippen molar-refractivity contribution in [2.45, 2.75) is 17.6 Å². The van der Waals surface area contributed by atoms with E-state index < -0.39 is 10.0 Å². The molecule has 0 spiro atoms. The fourth-order valence-corrected chi connectivity index (χ4v) is 4.06. The van der Waals surface area contributed by atoms with Crippen LogP contribution in [0.1, 0.15) is 11.8 Å². The lowest BCUT2D eigenvalue weighted by Gasteiger charge is -2.05. The zero-order valence-electron chi connectivity index (χ0n) is 11.2. The Bertz CT molecular complexity index is 639. The number of nitrogens with one attached hydrogen (secondary N) is 2. The molecule has 0 amide bonds. The van der Waals surface area contributed by atoms with E-state index in [1.165, 1.54) is 11.3 Å². The van der Waals surface area contributed by atoms with Gasteiger partial charge in [0.25, 0.3) is 10.0 Å². The molecule has 0 saturated carbocycles. The van der Waals surface area contributed by atoms with E-state index in [0.717, 1.165) is 24.4 Å². The zero-order valence-corrected chi connectivity index (χ0v) is 12.8. The van der Waals surface area contributed by atoms with Gasteiger partial charge >= 0.3 is 0 Å². The third-order valence-electron chi connectivity index (χ3n) is 2.63. The van der Waals surface area contributed by atoms with Gasteiger partial charge in [0.15, 0.2) is 0 Å². The Hall–Kier alpha value is -1.44. The lowest BCUT2D eigenvalue weighted by atomic mass is 10.3. The number of hydrogen-bond donors (Lipinski definition) is 2.